The van der Waals surface area contributed by atoms with Crippen molar-refractivity contribution in [1.82, 2.24) is 0 Å². The van der Waals surface area contributed by atoms with Crippen molar-refractivity contribution in [2.75, 3.05) is 11.5 Å². The maximum Gasteiger partial charge on any atom is 0.310 e. The van der Waals surface area contributed by atoms with Gasteiger partial charge in [-0.1, -0.05) is 34.6 Å². The number of non-ortho nitro benzene ring substituents is 2. The number of nitrogen functional groups attached to an aromatic ring is 1. The Hall–Kier alpha value is -3.79. The molecule has 3 rings (SSSR count). The first kappa shape index (κ1) is 28.8. The fourth-order valence-corrected chi connectivity index (χ4v) is 4.88. The van der Waals surface area contributed by atoms with Crippen LogP contribution in [0.15, 0.2) is 30.3 Å². The molecule has 1 aliphatic heterocycles. The van der Waals surface area contributed by atoms with Crippen molar-refractivity contribution in [3.05, 3.63) is 71.8 Å². The van der Waals surface area contributed by atoms with Gasteiger partial charge in [-0.15, -0.1) is 0 Å². The third-order valence-electron chi connectivity index (χ3n) is 5.64. The van der Waals surface area contributed by atoms with Crippen molar-refractivity contribution in [1.29, 1.82) is 0 Å². The lowest BCUT2D eigenvalue weighted by Crippen LogP contribution is -2.47. The van der Waals surface area contributed by atoms with Gasteiger partial charge in [0.05, 0.1) is 31.6 Å². The van der Waals surface area contributed by atoms with Crippen LogP contribution >= 0.6 is 27.7 Å². The van der Waals surface area contributed by atoms with Gasteiger partial charge in [0.1, 0.15) is 23.1 Å². The highest BCUT2D eigenvalue weighted by Gasteiger charge is 2.46. The second-order valence-electron chi connectivity index (χ2n) is 8.92. The molecule has 0 aliphatic carbocycles. The zero-order valence-electron chi connectivity index (χ0n) is 20.1. The van der Waals surface area contributed by atoms with Gasteiger partial charge in [0.15, 0.2) is 0 Å². The Bertz CT molecular complexity index is 1320. The summed E-state index contributed by atoms with van der Waals surface area (Å²) in [4.78, 5) is 56.1. The number of nitrogens with two attached hydrogens (primary N) is 1. The van der Waals surface area contributed by atoms with E-state index in [9.17, 15) is 39.9 Å². The third kappa shape index (κ3) is 6.02. The molecule has 0 fully saturated rings. The number of rotatable bonds is 8. The summed E-state index contributed by atoms with van der Waals surface area (Å²) in [6.45, 7) is 4.94. The Morgan fingerprint density at radius 3 is 2.18 bits per heavy atom. The summed E-state index contributed by atoms with van der Waals surface area (Å²) in [5.41, 5.74) is 3.13. The minimum atomic E-state index is -0.997. The maximum absolute atomic E-state index is 13.0. The highest BCUT2D eigenvalue weighted by molar-refractivity contribution is 9.09. The van der Waals surface area contributed by atoms with Crippen molar-refractivity contribution in [2.45, 2.75) is 37.3 Å². The first-order valence-electron chi connectivity index (χ1n) is 10.8. The summed E-state index contributed by atoms with van der Waals surface area (Å²) in [5.74, 6) is -1.48. The molecule has 38 heavy (non-hydrogen) atoms. The normalized spacial score (nSPS) is 18.4. The average Bonchev–Trinajstić information content (AvgIpc) is 2.83. The van der Waals surface area contributed by atoms with E-state index in [0.29, 0.717) is 11.8 Å². The summed E-state index contributed by atoms with van der Waals surface area (Å²) >= 11 is 4.10. The lowest BCUT2D eigenvalue weighted by atomic mass is 9.90. The monoisotopic (exact) mass is 612 g/mol. The number of nitro benzene ring substituents is 3. The van der Waals surface area contributed by atoms with Gasteiger partial charge in [-0.3, -0.25) is 39.9 Å². The molecule has 14 nitrogen and oxygen atoms in total. The van der Waals surface area contributed by atoms with Crippen molar-refractivity contribution in [2.24, 2.45) is 5.92 Å². The van der Waals surface area contributed by atoms with Crippen LogP contribution in [0, 0.1) is 36.3 Å². The molecule has 0 amide bonds. The largest absolute Gasteiger partial charge is 0.486 e. The Morgan fingerprint density at radius 1 is 1.08 bits per heavy atom. The van der Waals surface area contributed by atoms with Crippen molar-refractivity contribution in [3.63, 3.8) is 0 Å². The number of nitrogens with zero attached hydrogens (tertiary/aromatic N) is 3. The van der Waals surface area contributed by atoms with E-state index in [1.807, 2.05) is 0 Å². The summed E-state index contributed by atoms with van der Waals surface area (Å²) in [6.07, 6.45) is -0.997. The molecule has 16 heteroatoms. The molecule has 1 heterocycles. The van der Waals surface area contributed by atoms with Gasteiger partial charge in [-0.2, -0.15) is 0 Å². The number of nitro groups is 3. The molecular weight excluding hydrogens is 592 g/mol. The van der Waals surface area contributed by atoms with E-state index in [-0.39, 0.29) is 34.0 Å². The van der Waals surface area contributed by atoms with Gasteiger partial charge in [0, 0.05) is 41.1 Å². The van der Waals surface area contributed by atoms with E-state index < -0.39 is 59.7 Å². The maximum atomic E-state index is 13.0. The van der Waals surface area contributed by atoms with Crippen LogP contribution in [0.5, 0.6) is 5.75 Å². The molecular formula is C22H21BrN4O10S. The van der Waals surface area contributed by atoms with Gasteiger partial charge in [-0.25, -0.2) is 0 Å². The number of esters is 1. The molecule has 0 saturated carbocycles. The number of carbonyl (C=O) groups is 2. The van der Waals surface area contributed by atoms with Crippen LogP contribution < -0.4 is 10.5 Å². The zero-order chi connectivity index (χ0) is 28.5. The molecule has 2 aromatic rings. The molecule has 1 aliphatic rings. The number of halogens is 1. The molecule has 202 valence electrons. The number of fused-ring (bicyclic) bond motifs is 1. The molecule has 0 unspecified atom stereocenters. The van der Waals surface area contributed by atoms with Gasteiger partial charge < -0.3 is 15.2 Å². The Kier molecular flexibility index (Phi) is 8.26. The van der Waals surface area contributed by atoms with E-state index >= 15 is 0 Å². The van der Waals surface area contributed by atoms with Gasteiger partial charge in [0.25, 0.3) is 17.1 Å². The second kappa shape index (κ2) is 10.9. The topological polar surface area (TPSA) is 208 Å². The van der Waals surface area contributed by atoms with E-state index in [1.54, 1.807) is 13.8 Å². The SMILES string of the molecule is C[C@H](CSC(=O)c1cc([N+](=O)[O-])cc([N+](=O)[O-])c1)C(=O)O[C@H]1c2cc([N+](=O)[O-])c(N)cc2OC(C)(C)[C@@H]1Br. The average molecular weight is 613 g/mol. The standard InChI is InChI=1S/C22H21BrN4O10S/c1-10(9-38-21(29)11-4-12(25(30)31)6-13(5-11)26(32)33)20(28)36-18-14-7-16(27(34)35)15(24)8-17(14)37-22(2,3)19(18)23/h4-8,10,18-19H,9,24H2,1-3H3/t10-,18+,19-/m1/s1. The smallest absolute Gasteiger partial charge is 0.310 e. The van der Waals surface area contributed by atoms with E-state index in [1.165, 1.54) is 19.1 Å². The number of hydrogen-bond donors (Lipinski definition) is 1. The minimum absolute atomic E-state index is 0.109. The van der Waals surface area contributed by atoms with Crippen LogP contribution in [-0.2, 0) is 9.53 Å². The summed E-state index contributed by atoms with van der Waals surface area (Å²) in [6, 6.07) is 5.06. The number of carbonyl (C=O) groups excluding carboxylic acids is 2. The summed E-state index contributed by atoms with van der Waals surface area (Å²) in [7, 11) is 0. The fourth-order valence-electron chi connectivity index (χ4n) is 3.57. The first-order valence-corrected chi connectivity index (χ1v) is 12.7. The predicted molar refractivity (Wildman–Crippen MR) is 139 cm³/mol. The third-order valence-corrected chi connectivity index (χ3v) is 8.38. The predicted octanol–water partition coefficient (Wildman–Crippen LogP) is 4.72. The van der Waals surface area contributed by atoms with Crippen LogP contribution in [0.1, 0.15) is 42.8 Å². The Labute approximate surface area is 227 Å². The fraction of sp³-hybridized carbons (Fsp3) is 0.364. The van der Waals surface area contributed by atoms with Crippen LogP contribution in [0.3, 0.4) is 0 Å². The van der Waals surface area contributed by atoms with Crippen LogP contribution in [0.2, 0.25) is 0 Å². The summed E-state index contributed by atoms with van der Waals surface area (Å²) in [5, 5.41) is 32.8. The van der Waals surface area contributed by atoms with Crippen LogP contribution in [-0.4, -0.2) is 42.0 Å². The highest BCUT2D eigenvalue weighted by atomic mass is 79.9. The number of anilines is 1. The Morgan fingerprint density at radius 2 is 1.66 bits per heavy atom. The molecule has 0 aromatic heterocycles. The lowest BCUT2D eigenvalue weighted by molar-refractivity contribution is -0.394. The number of thioether (sulfide) groups is 1. The molecule has 0 bridgehead atoms. The number of hydrogen-bond acceptors (Lipinski definition) is 12. The van der Waals surface area contributed by atoms with Crippen LogP contribution in [0.25, 0.3) is 0 Å². The zero-order valence-corrected chi connectivity index (χ0v) is 22.5. The molecule has 0 radical (unpaired) electrons. The highest BCUT2D eigenvalue weighted by Crippen LogP contribution is 2.48. The first-order chi connectivity index (χ1) is 17.6. The van der Waals surface area contributed by atoms with E-state index in [0.717, 1.165) is 18.2 Å². The van der Waals surface area contributed by atoms with Gasteiger partial charge >= 0.3 is 5.97 Å². The molecule has 0 saturated heterocycles. The molecule has 2 aromatic carbocycles. The van der Waals surface area contributed by atoms with Gasteiger partial charge in [-0.05, 0) is 13.8 Å². The quantitative estimate of drug-likeness (QED) is 0.141. The number of ether oxygens (including phenoxy) is 2. The minimum Gasteiger partial charge on any atom is -0.486 e. The van der Waals surface area contributed by atoms with Crippen molar-refractivity contribution < 1.29 is 33.8 Å². The molecule has 2 N–H and O–H groups in total. The van der Waals surface area contributed by atoms with Gasteiger partial charge in [0.2, 0.25) is 5.12 Å². The van der Waals surface area contributed by atoms with Crippen molar-refractivity contribution >= 4 is 61.5 Å². The Balaban J connectivity index is 1.78. The van der Waals surface area contributed by atoms with Crippen molar-refractivity contribution in [3.8, 4) is 5.75 Å². The molecule has 0 spiro atoms. The molecule has 3 atom stereocenters. The second-order valence-corrected chi connectivity index (χ2v) is 10.9. The number of alkyl halides is 1. The lowest BCUT2D eigenvalue weighted by Gasteiger charge is -2.41. The van der Waals surface area contributed by atoms with E-state index in [4.69, 9.17) is 15.2 Å². The van der Waals surface area contributed by atoms with Crippen LogP contribution in [0.4, 0.5) is 22.7 Å². The summed E-state index contributed by atoms with van der Waals surface area (Å²) < 4.78 is 11.6. The van der Waals surface area contributed by atoms with E-state index in [2.05, 4.69) is 15.9 Å². The number of benzene rings is 2.